The summed E-state index contributed by atoms with van der Waals surface area (Å²) in [7, 11) is 0. The van der Waals surface area contributed by atoms with Crippen LogP contribution in [0.3, 0.4) is 0 Å². The topological polar surface area (TPSA) is 67.4 Å². The third-order valence-corrected chi connectivity index (χ3v) is 3.82. The molecule has 24 heavy (non-hydrogen) atoms. The molecule has 0 fully saturated rings. The monoisotopic (exact) mass is 322 g/mol. The highest BCUT2D eigenvalue weighted by Crippen LogP contribution is 2.30. The first-order valence-electron chi connectivity index (χ1n) is 7.66. The van der Waals surface area contributed by atoms with Gasteiger partial charge in [-0.25, -0.2) is 4.79 Å². The molecule has 1 aliphatic rings. The van der Waals surface area contributed by atoms with Crippen molar-refractivity contribution in [3.8, 4) is 11.5 Å². The minimum atomic E-state index is -0.490. The van der Waals surface area contributed by atoms with E-state index in [2.05, 4.69) is 10.6 Å². The van der Waals surface area contributed by atoms with E-state index in [1.165, 1.54) is 6.92 Å². The van der Waals surface area contributed by atoms with E-state index in [0.717, 1.165) is 11.3 Å². The maximum absolute atomic E-state index is 12.0. The molecule has 0 radical (unpaired) electrons. The summed E-state index contributed by atoms with van der Waals surface area (Å²) in [6.45, 7) is 3.22. The van der Waals surface area contributed by atoms with Crippen molar-refractivity contribution < 1.29 is 14.3 Å². The van der Waals surface area contributed by atoms with Crippen LogP contribution in [0.1, 0.15) is 25.5 Å². The van der Waals surface area contributed by atoms with Gasteiger partial charge < -0.3 is 15.4 Å². The van der Waals surface area contributed by atoms with Gasteiger partial charge in [0.05, 0.1) is 6.04 Å². The average Bonchev–Trinajstić information content (AvgIpc) is 2.55. The number of hydrogen-bond acceptors (Lipinski definition) is 3. The number of carbonyl (C=O) groups excluding carboxylic acids is 2. The van der Waals surface area contributed by atoms with Crippen molar-refractivity contribution in [2.75, 3.05) is 0 Å². The number of nitrogens with one attached hydrogen (secondary N) is 2. The number of hydrogen-bond donors (Lipinski definition) is 2. The van der Waals surface area contributed by atoms with Crippen molar-refractivity contribution in [3.63, 3.8) is 0 Å². The number of amides is 2. The second-order valence-corrected chi connectivity index (χ2v) is 5.61. The fraction of sp³-hybridized carbons (Fsp3) is 0.158. The van der Waals surface area contributed by atoms with E-state index in [9.17, 15) is 9.59 Å². The van der Waals surface area contributed by atoms with Gasteiger partial charge in [-0.3, -0.25) is 4.79 Å². The molecule has 0 aromatic heterocycles. The zero-order valence-electron chi connectivity index (χ0n) is 13.5. The van der Waals surface area contributed by atoms with E-state index in [1.807, 2.05) is 54.6 Å². The van der Waals surface area contributed by atoms with Crippen LogP contribution in [-0.2, 0) is 4.79 Å². The number of ether oxygens (including phenoxy) is 1. The molecule has 2 aromatic carbocycles. The third-order valence-electron chi connectivity index (χ3n) is 3.82. The van der Waals surface area contributed by atoms with Crippen LogP contribution in [0.15, 0.2) is 65.9 Å². The molecule has 0 saturated heterocycles. The summed E-state index contributed by atoms with van der Waals surface area (Å²) in [5.41, 5.74) is 1.92. The standard InChI is InChI=1S/C19H18N2O3/c1-12-17(13(2)22)18(21-19(23)20-12)14-7-6-10-16(11-14)24-15-8-4-3-5-9-15/h3-11,18H,1-2H3,(H2,20,21,23)/t18-/m1/s1. The van der Waals surface area contributed by atoms with E-state index in [-0.39, 0.29) is 11.8 Å². The lowest BCUT2D eigenvalue weighted by atomic mass is 9.93. The van der Waals surface area contributed by atoms with Crippen LogP contribution in [0.2, 0.25) is 0 Å². The van der Waals surface area contributed by atoms with E-state index in [0.29, 0.717) is 17.0 Å². The summed E-state index contributed by atoms with van der Waals surface area (Å²) in [4.78, 5) is 23.8. The molecule has 1 heterocycles. The number of rotatable bonds is 4. The van der Waals surface area contributed by atoms with E-state index in [4.69, 9.17) is 4.74 Å². The summed E-state index contributed by atoms with van der Waals surface area (Å²) in [6.07, 6.45) is 0. The molecule has 0 unspecified atom stereocenters. The van der Waals surface area contributed by atoms with E-state index < -0.39 is 6.04 Å². The van der Waals surface area contributed by atoms with Crippen molar-refractivity contribution in [1.82, 2.24) is 10.6 Å². The minimum Gasteiger partial charge on any atom is -0.457 e. The lowest BCUT2D eigenvalue weighted by Gasteiger charge is -2.28. The maximum Gasteiger partial charge on any atom is 0.319 e. The summed E-state index contributed by atoms with van der Waals surface area (Å²) in [6, 6.07) is 16.0. The summed E-state index contributed by atoms with van der Waals surface area (Å²) >= 11 is 0. The summed E-state index contributed by atoms with van der Waals surface area (Å²) < 4.78 is 5.83. The molecule has 1 atom stereocenters. The van der Waals surface area contributed by atoms with Crippen molar-refractivity contribution in [2.24, 2.45) is 0 Å². The molecular weight excluding hydrogens is 304 g/mol. The number of para-hydroxylation sites is 1. The minimum absolute atomic E-state index is 0.0839. The Kier molecular flexibility index (Phi) is 4.33. The Morgan fingerprint density at radius 1 is 1.04 bits per heavy atom. The van der Waals surface area contributed by atoms with Crippen LogP contribution < -0.4 is 15.4 Å². The highest BCUT2D eigenvalue weighted by Gasteiger charge is 2.29. The molecule has 2 N–H and O–H groups in total. The fourth-order valence-electron chi connectivity index (χ4n) is 2.79. The zero-order valence-corrected chi connectivity index (χ0v) is 13.5. The summed E-state index contributed by atoms with van der Waals surface area (Å²) in [5.74, 6) is 1.29. The highest BCUT2D eigenvalue weighted by molar-refractivity contribution is 5.98. The van der Waals surface area contributed by atoms with Crippen LogP contribution in [-0.4, -0.2) is 11.8 Å². The zero-order chi connectivity index (χ0) is 17.1. The number of benzene rings is 2. The fourth-order valence-corrected chi connectivity index (χ4v) is 2.79. The first-order chi connectivity index (χ1) is 11.5. The molecule has 5 heteroatoms. The predicted molar refractivity (Wildman–Crippen MR) is 90.7 cm³/mol. The second kappa shape index (κ2) is 6.58. The third kappa shape index (κ3) is 3.30. The average molecular weight is 322 g/mol. The van der Waals surface area contributed by atoms with Gasteiger partial charge >= 0.3 is 6.03 Å². The molecular formula is C19H18N2O3. The van der Waals surface area contributed by atoms with E-state index >= 15 is 0 Å². The molecule has 5 nitrogen and oxygen atoms in total. The van der Waals surface area contributed by atoms with Gasteiger partial charge in [-0.2, -0.15) is 0 Å². The lowest BCUT2D eigenvalue weighted by molar-refractivity contribution is -0.114. The quantitative estimate of drug-likeness (QED) is 0.902. The van der Waals surface area contributed by atoms with Gasteiger partial charge in [-0.15, -0.1) is 0 Å². The molecule has 2 amide bonds. The Balaban J connectivity index is 1.94. The summed E-state index contributed by atoms with van der Waals surface area (Å²) in [5, 5.41) is 5.44. The van der Waals surface area contributed by atoms with Crippen LogP contribution in [0.25, 0.3) is 0 Å². The van der Waals surface area contributed by atoms with Crippen LogP contribution in [0.4, 0.5) is 4.79 Å². The largest absolute Gasteiger partial charge is 0.457 e. The van der Waals surface area contributed by atoms with Gasteiger partial charge in [-0.05, 0) is 43.7 Å². The Labute approximate surface area is 140 Å². The molecule has 122 valence electrons. The van der Waals surface area contributed by atoms with Crippen LogP contribution in [0, 0.1) is 0 Å². The lowest BCUT2D eigenvalue weighted by Crippen LogP contribution is -2.44. The van der Waals surface area contributed by atoms with Crippen molar-refractivity contribution in [1.29, 1.82) is 0 Å². The molecule has 1 aliphatic heterocycles. The van der Waals surface area contributed by atoms with Crippen LogP contribution in [0.5, 0.6) is 11.5 Å². The Bertz CT molecular complexity index is 812. The number of urea groups is 1. The molecule has 2 aromatic rings. The number of carbonyl (C=O) groups is 2. The Morgan fingerprint density at radius 3 is 2.46 bits per heavy atom. The highest BCUT2D eigenvalue weighted by atomic mass is 16.5. The molecule has 0 aliphatic carbocycles. The molecule has 0 spiro atoms. The first-order valence-corrected chi connectivity index (χ1v) is 7.66. The van der Waals surface area contributed by atoms with Crippen molar-refractivity contribution in [3.05, 3.63) is 71.4 Å². The van der Waals surface area contributed by atoms with Gasteiger partial charge in [0.1, 0.15) is 11.5 Å². The molecule has 0 bridgehead atoms. The van der Waals surface area contributed by atoms with Gasteiger partial charge in [0.15, 0.2) is 5.78 Å². The van der Waals surface area contributed by atoms with Gasteiger partial charge in [0, 0.05) is 11.3 Å². The Morgan fingerprint density at radius 2 is 1.75 bits per heavy atom. The van der Waals surface area contributed by atoms with Gasteiger partial charge in [0.2, 0.25) is 0 Å². The SMILES string of the molecule is CC(=O)C1=C(C)NC(=O)N[C@@H]1c1cccc(Oc2ccccc2)c1. The maximum atomic E-state index is 12.0. The van der Waals surface area contributed by atoms with E-state index in [1.54, 1.807) is 6.92 Å². The number of allylic oxidation sites excluding steroid dienone is 1. The van der Waals surface area contributed by atoms with Gasteiger partial charge in [-0.1, -0.05) is 30.3 Å². The second-order valence-electron chi connectivity index (χ2n) is 5.61. The predicted octanol–water partition coefficient (Wildman–Crippen LogP) is 3.70. The first kappa shape index (κ1) is 15.8. The number of Topliss-reactive ketones (excluding diaryl/α,β-unsaturated/α-hetero) is 1. The molecule has 3 rings (SSSR count). The number of ketones is 1. The smallest absolute Gasteiger partial charge is 0.319 e. The van der Waals surface area contributed by atoms with Crippen molar-refractivity contribution in [2.45, 2.75) is 19.9 Å². The normalized spacial score (nSPS) is 17.1. The Hall–Kier alpha value is -3.08. The molecule has 0 saturated carbocycles. The van der Waals surface area contributed by atoms with Crippen LogP contribution >= 0.6 is 0 Å². The van der Waals surface area contributed by atoms with Crippen molar-refractivity contribution >= 4 is 11.8 Å². The van der Waals surface area contributed by atoms with Gasteiger partial charge in [0.25, 0.3) is 0 Å².